The van der Waals surface area contributed by atoms with Gasteiger partial charge in [-0.15, -0.1) is 0 Å². The van der Waals surface area contributed by atoms with Crippen LogP contribution >= 0.6 is 0 Å². The van der Waals surface area contributed by atoms with Crippen molar-refractivity contribution in [3.8, 4) is 0 Å². The number of piperazine rings is 1. The zero-order valence-electron chi connectivity index (χ0n) is 24.9. The van der Waals surface area contributed by atoms with Crippen LogP contribution in [0, 0.1) is 16.7 Å². The lowest BCUT2D eigenvalue weighted by atomic mass is 9.57. The number of rotatable bonds is 5. The maximum absolute atomic E-state index is 14.1. The Balaban J connectivity index is 1.27. The minimum Gasteiger partial charge on any atom is -0.478 e. The van der Waals surface area contributed by atoms with E-state index in [4.69, 9.17) is 11.1 Å². The Morgan fingerprint density at radius 2 is 1.70 bits per heavy atom. The van der Waals surface area contributed by atoms with Crippen molar-refractivity contribution in [1.29, 1.82) is 5.41 Å². The van der Waals surface area contributed by atoms with Crippen LogP contribution in [0.5, 0.6) is 0 Å². The third-order valence-corrected chi connectivity index (χ3v) is 9.90. The summed E-state index contributed by atoms with van der Waals surface area (Å²) in [6.07, 6.45) is 3.80. The number of likely N-dealkylation sites (tertiary alicyclic amines) is 1. The second-order valence-electron chi connectivity index (χ2n) is 12.7. The van der Waals surface area contributed by atoms with E-state index in [2.05, 4.69) is 5.32 Å². The molecule has 0 aromatic heterocycles. The molecule has 1 aliphatic carbocycles. The quantitative estimate of drug-likeness (QED) is 0.299. The van der Waals surface area contributed by atoms with Gasteiger partial charge in [0.1, 0.15) is 6.04 Å². The van der Waals surface area contributed by atoms with Crippen LogP contribution in [0.3, 0.4) is 0 Å². The second-order valence-corrected chi connectivity index (χ2v) is 12.7. The topological polar surface area (TPSA) is 163 Å². The van der Waals surface area contributed by atoms with Crippen LogP contribution in [-0.4, -0.2) is 95.8 Å². The number of nitrogens with one attached hydrogen (secondary N) is 2. The molecule has 4 aliphatic rings. The molecular formula is C32H39N7O5. The van der Waals surface area contributed by atoms with Gasteiger partial charge >= 0.3 is 5.97 Å². The number of amides is 3. The summed E-state index contributed by atoms with van der Waals surface area (Å²) >= 11 is 0. The number of fused-ring (bicyclic) bond motifs is 1. The van der Waals surface area contributed by atoms with E-state index in [-0.39, 0.29) is 40.6 Å². The number of likely N-dealkylation sites (N-methyl/N-ethyl adjacent to an activating group) is 1. The van der Waals surface area contributed by atoms with Crippen molar-refractivity contribution in [1.82, 2.24) is 14.7 Å². The van der Waals surface area contributed by atoms with Gasteiger partial charge in [0.2, 0.25) is 11.8 Å². The Labute approximate surface area is 256 Å². The number of hydrogen-bond donors (Lipinski definition) is 4. The molecule has 232 valence electrons. The molecule has 12 heteroatoms. The maximum atomic E-state index is 14.1. The monoisotopic (exact) mass is 601 g/mol. The lowest BCUT2D eigenvalue weighted by molar-refractivity contribution is -0.151. The molecule has 1 unspecified atom stereocenters. The number of carbonyl (C=O) groups excluding carboxylic acids is 3. The Kier molecular flexibility index (Phi) is 7.79. The lowest BCUT2D eigenvalue weighted by Crippen LogP contribution is -2.55. The van der Waals surface area contributed by atoms with Gasteiger partial charge in [0.05, 0.1) is 12.1 Å². The molecule has 3 heterocycles. The van der Waals surface area contributed by atoms with E-state index in [1.165, 1.54) is 12.1 Å². The summed E-state index contributed by atoms with van der Waals surface area (Å²) in [4.78, 5) is 59.8. The number of nitrogens with zero attached hydrogens (tertiary/aromatic N) is 4. The fourth-order valence-electron chi connectivity index (χ4n) is 7.40. The number of anilines is 2. The molecule has 0 bridgehead atoms. The molecule has 2 aromatic carbocycles. The zero-order valence-corrected chi connectivity index (χ0v) is 24.9. The van der Waals surface area contributed by atoms with Crippen LogP contribution in [0.1, 0.15) is 53.2 Å². The van der Waals surface area contributed by atoms with Crippen molar-refractivity contribution in [3.63, 3.8) is 0 Å². The number of carbonyl (C=O) groups is 4. The molecule has 6 rings (SSSR count). The van der Waals surface area contributed by atoms with Gasteiger partial charge in [-0.25, -0.2) is 4.79 Å². The SMILES string of the molecule is CN1CCN(c2cccc3c2CCN(C(=O)C2CC4(CCN(C(=N)N)CC4)C2)C3C(=O)Nc2ccc(C(=O)O)cc2)C(=O)C1. The van der Waals surface area contributed by atoms with Gasteiger partial charge in [-0.1, -0.05) is 12.1 Å². The highest BCUT2D eigenvalue weighted by Crippen LogP contribution is 2.53. The predicted octanol–water partition coefficient (Wildman–Crippen LogP) is 2.11. The Hall–Kier alpha value is -4.45. The molecule has 12 nitrogen and oxygen atoms in total. The molecule has 1 atom stereocenters. The second kappa shape index (κ2) is 11.6. The Bertz CT molecular complexity index is 1490. The highest BCUT2D eigenvalue weighted by Gasteiger charge is 2.51. The number of piperidine rings is 1. The molecular weight excluding hydrogens is 562 g/mol. The highest BCUT2D eigenvalue weighted by atomic mass is 16.4. The molecule has 2 aromatic rings. The Morgan fingerprint density at radius 3 is 2.34 bits per heavy atom. The Morgan fingerprint density at radius 1 is 1.00 bits per heavy atom. The van der Waals surface area contributed by atoms with E-state index in [1.54, 1.807) is 21.9 Å². The highest BCUT2D eigenvalue weighted by molar-refractivity contribution is 6.01. The van der Waals surface area contributed by atoms with Crippen LogP contribution in [0.4, 0.5) is 11.4 Å². The van der Waals surface area contributed by atoms with Gasteiger partial charge in [-0.3, -0.25) is 24.7 Å². The average Bonchev–Trinajstić information content (AvgIpc) is 2.99. The van der Waals surface area contributed by atoms with E-state index in [0.29, 0.717) is 50.4 Å². The van der Waals surface area contributed by atoms with Crippen LogP contribution in [0.15, 0.2) is 42.5 Å². The van der Waals surface area contributed by atoms with Crippen molar-refractivity contribution in [3.05, 3.63) is 59.2 Å². The summed E-state index contributed by atoms with van der Waals surface area (Å²) in [5, 5.41) is 19.9. The molecule has 1 saturated carbocycles. The minimum atomic E-state index is -1.06. The minimum absolute atomic E-state index is 0.000708. The lowest BCUT2D eigenvalue weighted by Gasteiger charge is -2.53. The maximum Gasteiger partial charge on any atom is 0.335 e. The van der Waals surface area contributed by atoms with Gasteiger partial charge in [0.25, 0.3) is 5.91 Å². The van der Waals surface area contributed by atoms with Crippen LogP contribution in [0.2, 0.25) is 0 Å². The normalized spacial score (nSPS) is 21.9. The standard InChI is InChI=1S/C32H39N7O5/c1-36-15-16-38(26(40)19-36)25-4-2-3-24-23(25)9-12-39(27(24)28(41)35-22-7-5-20(6-8-22)30(43)44)29(42)21-17-32(18-21)10-13-37(14-11-32)31(33)34/h2-8,21,27H,9-19H2,1H3,(H3,33,34)(H,35,41)(H,43,44). The van der Waals surface area contributed by atoms with E-state index in [0.717, 1.165) is 43.5 Å². The number of carboxylic acid groups (broad SMARTS) is 1. The summed E-state index contributed by atoms with van der Waals surface area (Å²) in [6.45, 7) is 3.39. The van der Waals surface area contributed by atoms with Gasteiger partial charge in [0.15, 0.2) is 5.96 Å². The third kappa shape index (κ3) is 5.49. The third-order valence-electron chi connectivity index (χ3n) is 9.90. The first-order chi connectivity index (χ1) is 21.0. The fraction of sp³-hybridized carbons (Fsp3) is 0.469. The molecule has 2 saturated heterocycles. The van der Waals surface area contributed by atoms with Gasteiger partial charge in [-0.2, -0.15) is 0 Å². The molecule has 3 amide bonds. The molecule has 3 aliphatic heterocycles. The zero-order chi connectivity index (χ0) is 31.2. The van der Waals surface area contributed by atoms with Crippen LogP contribution in [0.25, 0.3) is 0 Å². The van der Waals surface area contributed by atoms with Crippen molar-refractivity contribution >= 4 is 41.0 Å². The molecule has 5 N–H and O–H groups in total. The van der Waals surface area contributed by atoms with Crippen molar-refractivity contribution in [2.45, 2.75) is 38.1 Å². The van der Waals surface area contributed by atoms with E-state index < -0.39 is 12.0 Å². The first-order valence-electron chi connectivity index (χ1n) is 15.2. The summed E-state index contributed by atoms with van der Waals surface area (Å²) < 4.78 is 0. The van der Waals surface area contributed by atoms with Gasteiger partial charge in [0, 0.05) is 50.0 Å². The molecule has 1 spiro atoms. The number of nitrogens with two attached hydrogens (primary N) is 1. The number of hydrogen-bond acceptors (Lipinski definition) is 6. The predicted molar refractivity (Wildman–Crippen MR) is 164 cm³/mol. The summed E-state index contributed by atoms with van der Waals surface area (Å²) in [5.41, 5.74) is 8.69. The summed E-state index contributed by atoms with van der Waals surface area (Å²) in [6, 6.07) is 10.7. The van der Waals surface area contributed by atoms with Crippen molar-refractivity contribution in [2.75, 3.05) is 56.5 Å². The van der Waals surface area contributed by atoms with Crippen LogP contribution in [-0.2, 0) is 20.8 Å². The number of benzene rings is 2. The summed E-state index contributed by atoms with van der Waals surface area (Å²) in [5.74, 6) is -1.58. The number of aromatic carboxylic acids is 1. The first-order valence-corrected chi connectivity index (χ1v) is 15.2. The largest absolute Gasteiger partial charge is 0.478 e. The summed E-state index contributed by atoms with van der Waals surface area (Å²) in [7, 11) is 1.92. The van der Waals surface area contributed by atoms with E-state index in [9.17, 15) is 24.3 Å². The molecule has 44 heavy (non-hydrogen) atoms. The average molecular weight is 602 g/mol. The van der Waals surface area contributed by atoms with E-state index in [1.807, 2.05) is 35.0 Å². The van der Waals surface area contributed by atoms with Gasteiger partial charge in [-0.05, 0) is 86.0 Å². The number of carboxylic acids is 1. The first kappa shape index (κ1) is 29.6. The number of guanidine groups is 1. The van der Waals surface area contributed by atoms with Gasteiger partial charge < -0.3 is 30.9 Å². The fourth-order valence-corrected chi connectivity index (χ4v) is 7.40. The molecule has 0 radical (unpaired) electrons. The van der Waals surface area contributed by atoms with Crippen molar-refractivity contribution in [2.24, 2.45) is 17.1 Å². The van der Waals surface area contributed by atoms with Crippen LogP contribution < -0.4 is 16.0 Å². The molecule has 3 fully saturated rings. The van der Waals surface area contributed by atoms with E-state index >= 15 is 0 Å². The van der Waals surface area contributed by atoms with Crippen molar-refractivity contribution < 1.29 is 24.3 Å². The smallest absolute Gasteiger partial charge is 0.335 e.